The largest absolute Gasteiger partial charge is 0.349 e. The Labute approximate surface area is 203 Å². The number of amides is 3. The van der Waals surface area contributed by atoms with E-state index in [1.54, 1.807) is 34.4 Å². The zero-order chi connectivity index (χ0) is 23.7. The number of rotatable bonds is 6. The number of para-hydroxylation sites is 1. The Hall–Kier alpha value is -3.45. The van der Waals surface area contributed by atoms with Crippen LogP contribution in [0.15, 0.2) is 66.0 Å². The molecule has 7 heteroatoms. The number of carbonyl (C=O) groups is 3. The summed E-state index contributed by atoms with van der Waals surface area (Å²) in [7, 11) is 0. The molecule has 34 heavy (non-hydrogen) atoms. The quantitative estimate of drug-likeness (QED) is 0.525. The molecule has 2 aromatic carbocycles. The standard InChI is InChI=1S/C27H27N3O3S/c1-17-8-12-19(13-9-17)30-24(31)15-14-21(25(30)23-7-4-16-34-23)27(33)29-22-6-3-2-5-20(22)26(32)28-18-10-11-18/h2-9,12-13,16,18,21,25H,10-11,14-15H2,1H3,(H,28,32)(H,29,33)/t21-,25+/m0/s1. The first-order valence-electron chi connectivity index (χ1n) is 11.6. The van der Waals surface area contributed by atoms with E-state index in [2.05, 4.69) is 10.6 Å². The van der Waals surface area contributed by atoms with Gasteiger partial charge in [0, 0.05) is 23.0 Å². The van der Waals surface area contributed by atoms with Gasteiger partial charge in [-0.05, 0) is 61.9 Å². The van der Waals surface area contributed by atoms with Crippen LogP contribution in [0.2, 0.25) is 0 Å². The monoisotopic (exact) mass is 473 g/mol. The molecule has 0 unspecified atom stereocenters. The molecule has 2 heterocycles. The van der Waals surface area contributed by atoms with Crippen LogP contribution in [0.1, 0.15) is 52.5 Å². The minimum atomic E-state index is -0.447. The summed E-state index contributed by atoms with van der Waals surface area (Å²) in [5.41, 5.74) is 2.85. The lowest BCUT2D eigenvalue weighted by Gasteiger charge is -2.40. The predicted molar refractivity (Wildman–Crippen MR) is 134 cm³/mol. The minimum Gasteiger partial charge on any atom is -0.349 e. The van der Waals surface area contributed by atoms with Crippen LogP contribution in [0.5, 0.6) is 0 Å². The lowest BCUT2D eigenvalue weighted by molar-refractivity contribution is -0.125. The van der Waals surface area contributed by atoms with Crippen LogP contribution in [0.25, 0.3) is 0 Å². The molecule has 2 atom stereocenters. The molecule has 3 amide bonds. The highest BCUT2D eigenvalue weighted by Crippen LogP contribution is 2.42. The van der Waals surface area contributed by atoms with Crippen LogP contribution in [0.4, 0.5) is 11.4 Å². The summed E-state index contributed by atoms with van der Waals surface area (Å²) in [6, 6.07) is 18.7. The van der Waals surface area contributed by atoms with Crippen molar-refractivity contribution >= 4 is 40.4 Å². The average molecular weight is 474 g/mol. The Morgan fingerprint density at radius 1 is 0.971 bits per heavy atom. The highest BCUT2D eigenvalue weighted by atomic mass is 32.1. The molecule has 5 rings (SSSR count). The third-order valence-corrected chi connectivity index (χ3v) is 7.37. The van der Waals surface area contributed by atoms with Gasteiger partial charge in [-0.2, -0.15) is 0 Å². The van der Waals surface area contributed by atoms with Crippen molar-refractivity contribution in [1.29, 1.82) is 0 Å². The zero-order valence-electron chi connectivity index (χ0n) is 19.0. The van der Waals surface area contributed by atoms with E-state index in [1.165, 1.54) is 0 Å². The molecule has 1 saturated heterocycles. The smallest absolute Gasteiger partial charge is 0.253 e. The van der Waals surface area contributed by atoms with Gasteiger partial charge < -0.3 is 15.5 Å². The number of anilines is 2. The summed E-state index contributed by atoms with van der Waals surface area (Å²) in [6.07, 6.45) is 2.73. The van der Waals surface area contributed by atoms with Crippen molar-refractivity contribution in [1.82, 2.24) is 5.32 Å². The molecule has 1 aliphatic heterocycles. The summed E-state index contributed by atoms with van der Waals surface area (Å²) in [4.78, 5) is 42.2. The van der Waals surface area contributed by atoms with Crippen molar-refractivity contribution in [3.05, 3.63) is 82.0 Å². The number of benzene rings is 2. The highest BCUT2D eigenvalue weighted by Gasteiger charge is 2.42. The van der Waals surface area contributed by atoms with E-state index in [9.17, 15) is 14.4 Å². The van der Waals surface area contributed by atoms with Crippen LogP contribution in [0.3, 0.4) is 0 Å². The summed E-state index contributed by atoms with van der Waals surface area (Å²) < 4.78 is 0. The lowest BCUT2D eigenvalue weighted by atomic mass is 9.86. The molecule has 0 bridgehead atoms. The molecule has 1 aliphatic carbocycles. The van der Waals surface area contributed by atoms with Gasteiger partial charge in [0.05, 0.1) is 23.2 Å². The maximum Gasteiger partial charge on any atom is 0.253 e. The SMILES string of the molecule is Cc1ccc(N2C(=O)CC[C@H](C(=O)Nc3ccccc3C(=O)NC3CC3)[C@@H]2c2cccs2)cc1. The summed E-state index contributed by atoms with van der Waals surface area (Å²) in [5, 5.41) is 7.97. The van der Waals surface area contributed by atoms with E-state index in [0.717, 1.165) is 29.0 Å². The number of nitrogens with one attached hydrogen (secondary N) is 2. The van der Waals surface area contributed by atoms with Crippen LogP contribution in [-0.2, 0) is 9.59 Å². The first kappa shape index (κ1) is 22.3. The molecule has 1 saturated carbocycles. The van der Waals surface area contributed by atoms with E-state index in [0.29, 0.717) is 17.7 Å². The fraction of sp³-hybridized carbons (Fsp3) is 0.296. The number of piperidine rings is 1. The van der Waals surface area contributed by atoms with E-state index in [4.69, 9.17) is 0 Å². The number of thiophene rings is 1. The van der Waals surface area contributed by atoms with E-state index < -0.39 is 12.0 Å². The zero-order valence-corrected chi connectivity index (χ0v) is 19.8. The van der Waals surface area contributed by atoms with Crippen molar-refractivity contribution in [2.24, 2.45) is 5.92 Å². The van der Waals surface area contributed by atoms with Crippen molar-refractivity contribution in [2.75, 3.05) is 10.2 Å². The minimum absolute atomic E-state index is 0.00974. The molecular weight excluding hydrogens is 446 g/mol. The van der Waals surface area contributed by atoms with Gasteiger partial charge in [0.15, 0.2) is 0 Å². The Bertz CT molecular complexity index is 1200. The highest BCUT2D eigenvalue weighted by molar-refractivity contribution is 7.10. The van der Waals surface area contributed by atoms with E-state index in [1.807, 2.05) is 54.8 Å². The number of aryl methyl sites for hydroxylation is 1. The fourth-order valence-corrected chi connectivity index (χ4v) is 5.35. The van der Waals surface area contributed by atoms with Crippen LogP contribution < -0.4 is 15.5 Å². The van der Waals surface area contributed by atoms with Gasteiger partial charge in [0.2, 0.25) is 11.8 Å². The lowest BCUT2D eigenvalue weighted by Crippen LogP contribution is -2.46. The summed E-state index contributed by atoms with van der Waals surface area (Å²) in [5.74, 6) is -0.796. The molecular formula is C27H27N3O3S. The van der Waals surface area contributed by atoms with Gasteiger partial charge >= 0.3 is 0 Å². The van der Waals surface area contributed by atoms with Gasteiger partial charge in [-0.3, -0.25) is 14.4 Å². The number of carbonyl (C=O) groups excluding carboxylic acids is 3. The Balaban J connectivity index is 1.45. The summed E-state index contributed by atoms with van der Waals surface area (Å²) in [6.45, 7) is 2.01. The second kappa shape index (κ2) is 9.43. The topological polar surface area (TPSA) is 78.5 Å². The van der Waals surface area contributed by atoms with Crippen molar-refractivity contribution in [3.8, 4) is 0 Å². The third kappa shape index (κ3) is 4.61. The molecule has 1 aromatic heterocycles. The third-order valence-electron chi connectivity index (χ3n) is 6.42. The van der Waals surface area contributed by atoms with Crippen molar-refractivity contribution < 1.29 is 14.4 Å². The Kier molecular flexibility index (Phi) is 6.20. The Morgan fingerprint density at radius 2 is 1.74 bits per heavy atom. The van der Waals surface area contributed by atoms with E-state index >= 15 is 0 Å². The Morgan fingerprint density at radius 3 is 2.44 bits per heavy atom. The molecule has 174 valence electrons. The first-order valence-corrected chi connectivity index (χ1v) is 12.5. The molecule has 6 nitrogen and oxygen atoms in total. The van der Waals surface area contributed by atoms with Crippen LogP contribution >= 0.6 is 11.3 Å². The molecule has 2 N–H and O–H groups in total. The maximum atomic E-state index is 13.6. The normalized spacial score (nSPS) is 20.1. The first-order chi connectivity index (χ1) is 16.5. The van der Waals surface area contributed by atoms with Gasteiger partial charge in [-0.15, -0.1) is 11.3 Å². The van der Waals surface area contributed by atoms with Crippen LogP contribution in [-0.4, -0.2) is 23.8 Å². The second-order valence-electron chi connectivity index (χ2n) is 8.99. The molecule has 3 aromatic rings. The molecule has 0 spiro atoms. The van der Waals surface area contributed by atoms with Gasteiger partial charge in [0.1, 0.15) is 0 Å². The van der Waals surface area contributed by atoms with Crippen molar-refractivity contribution in [2.45, 2.75) is 44.7 Å². The molecule has 2 aliphatic rings. The van der Waals surface area contributed by atoms with Gasteiger partial charge in [-0.25, -0.2) is 0 Å². The average Bonchev–Trinajstić information content (AvgIpc) is 3.48. The molecule has 2 fully saturated rings. The number of hydrogen-bond donors (Lipinski definition) is 2. The van der Waals surface area contributed by atoms with Crippen LogP contribution in [0, 0.1) is 12.8 Å². The second-order valence-corrected chi connectivity index (χ2v) is 9.97. The van der Waals surface area contributed by atoms with Gasteiger partial charge in [-0.1, -0.05) is 35.9 Å². The predicted octanol–water partition coefficient (Wildman–Crippen LogP) is 5.07. The molecule has 0 radical (unpaired) electrons. The number of nitrogens with zero attached hydrogens (tertiary/aromatic N) is 1. The van der Waals surface area contributed by atoms with Crippen molar-refractivity contribution in [3.63, 3.8) is 0 Å². The maximum absolute atomic E-state index is 13.6. The van der Waals surface area contributed by atoms with Gasteiger partial charge in [0.25, 0.3) is 5.91 Å². The summed E-state index contributed by atoms with van der Waals surface area (Å²) >= 11 is 1.54. The number of hydrogen-bond acceptors (Lipinski definition) is 4. The fourth-order valence-electron chi connectivity index (χ4n) is 4.47. The van der Waals surface area contributed by atoms with E-state index in [-0.39, 0.29) is 30.2 Å².